The van der Waals surface area contributed by atoms with Gasteiger partial charge >= 0.3 is 0 Å². The van der Waals surface area contributed by atoms with Gasteiger partial charge in [0.25, 0.3) is 0 Å². The maximum atomic E-state index is 5.42. The van der Waals surface area contributed by atoms with Gasteiger partial charge in [0.05, 0.1) is 132 Å². The van der Waals surface area contributed by atoms with E-state index in [0.717, 1.165) is 0 Å². The molecule has 11 nitrogen and oxygen atoms in total. The molecule has 36 heavy (non-hydrogen) atoms. The van der Waals surface area contributed by atoms with Crippen LogP contribution in [0, 0.1) is 0 Å². The zero-order valence-corrected chi connectivity index (χ0v) is 21.9. The van der Waals surface area contributed by atoms with Crippen molar-refractivity contribution in [3.05, 3.63) is 25.3 Å². The fourth-order valence-corrected chi connectivity index (χ4v) is 2.29. The van der Waals surface area contributed by atoms with Gasteiger partial charge in [-0.15, -0.1) is 13.2 Å². The van der Waals surface area contributed by atoms with Gasteiger partial charge in [0.1, 0.15) is 6.79 Å². The molecule has 0 amide bonds. The van der Waals surface area contributed by atoms with Crippen molar-refractivity contribution in [1.29, 1.82) is 0 Å². The van der Waals surface area contributed by atoms with E-state index < -0.39 is 0 Å². The summed E-state index contributed by atoms with van der Waals surface area (Å²) in [6.45, 7) is 17.8. The van der Waals surface area contributed by atoms with E-state index in [1.54, 1.807) is 12.2 Å². The fraction of sp³-hybridized carbons (Fsp3) is 0.840. The molecule has 0 aromatic carbocycles. The summed E-state index contributed by atoms with van der Waals surface area (Å²) < 4.78 is 58.8. The first-order valence-electron chi connectivity index (χ1n) is 12.5. The van der Waals surface area contributed by atoms with E-state index >= 15 is 0 Å². The SMILES string of the molecule is C=CCOCCOCCOCCOCCOCCOCOCCOCCOCCOCCOCC=C. The van der Waals surface area contributed by atoms with Crippen molar-refractivity contribution in [1.82, 2.24) is 0 Å². The third-order valence-corrected chi connectivity index (χ3v) is 3.99. The van der Waals surface area contributed by atoms with E-state index in [9.17, 15) is 0 Å². The lowest BCUT2D eigenvalue weighted by atomic mass is 10.6. The summed E-state index contributed by atoms with van der Waals surface area (Å²) >= 11 is 0. The maximum absolute atomic E-state index is 5.42. The second-order valence-electron chi connectivity index (χ2n) is 6.95. The third kappa shape index (κ3) is 33.0. The van der Waals surface area contributed by atoms with Crippen LogP contribution in [0.25, 0.3) is 0 Å². The Morgan fingerprint density at radius 3 is 0.694 bits per heavy atom. The lowest BCUT2D eigenvalue weighted by Crippen LogP contribution is -2.15. The van der Waals surface area contributed by atoms with Crippen LogP contribution >= 0.6 is 0 Å². The summed E-state index contributed by atoms with van der Waals surface area (Å²) in [5.41, 5.74) is 0. The number of hydrogen-bond donors (Lipinski definition) is 0. The van der Waals surface area contributed by atoms with Gasteiger partial charge in [0.15, 0.2) is 0 Å². The van der Waals surface area contributed by atoms with Gasteiger partial charge in [-0.3, -0.25) is 0 Å². The lowest BCUT2D eigenvalue weighted by Gasteiger charge is -2.09. The van der Waals surface area contributed by atoms with Crippen LogP contribution in [0.5, 0.6) is 0 Å². The molecule has 0 bridgehead atoms. The Kier molecular flexibility index (Phi) is 33.1. The van der Waals surface area contributed by atoms with Crippen molar-refractivity contribution < 1.29 is 52.1 Å². The van der Waals surface area contributed by atoms with Crippen LogP contribution in [0.2, 0.25) is 0 Å². The van der Waals surface area contributed by atoms with Crippen molar-refractivity contribution in [3.63, 3.8) is 0 Å². The van der Waals surface area contributed by atoms with Crippen LogP contribution in [-0.2, 0) is 52.1 Å². The molecule has 0 radical (unpaired) electrons. The van der Waals surface area contributed by atoms with Gasteiger partial charge in [0, 0.05) is 0 Å². The molecule has 0 aliphatic rings. The Morgan fingerprint density at radius 1 is 0.278 bits per heavy atom. The van der Waals surface area contributed by atoms with E-state index in [2.05, 4.69) is 13.2 Å². The van der Waals surface area contributed by atoms with Crippen molar-refractivity contribution in [2.24, 2.45) is 0 Å². The molecule has 0 rings (SSSR count). The third-order valence-electron chi connectivity index (χ3n) is 3.99. The molecule has 11 heteroatoms. The van der Waals surface area contributed by atoms with E-state index in [0.29, 0.717) is 132 Å². The predicted molar refractivity (Wildman–Crippen MR) is 135 cm³/mol. The van der Waals surface area contributed by atoms with E-state index in [1.165, 1.54) is 0 Å². The summed E-state index contributed by atoms with van der Waals surface area (Å²) in [6, 6.07) is 0. The Morgan fingerprint density at radius 2 is 0.472 bits per heavy atom. The molecule has 0 spiro atoms. The largest absolute Gasteiger partial charge is 0.377 e. The molecule has 0 aliphatic carbocycles. The van der Waals surface area contributed by atoms with Gasteiger partial charge in [-0.05, 0) is 0 Å². The maximum Gasteiger partial charge on any atom is 0.146 e. The van der Waals surface area contributed by atoms with Crippen LogP contribution in [-0.4, -0.2) is 139 Å². The molecule has 0 saturated carbocycles. The van der Waals surface area contributed by atoms with E-state index in [-0.39, 0.29) is 6.79 Å². The fourth-order valence-electron chi connectivity index (χ4n) is 2.29. The Balaban J connectivity index is 3.01. The number of rotatable bonds is 33. The minimum Gasteiger partial charge on any atom is -0.377 e. The second-order valence-corrected chi connectivity index (χ2v) is 6.95. The Bertz CT molecular complexity index is 389. The van der Waals surface area contributed by atoms with Gasteiger partial charge in [0.2, 0.25) is 0 Å². The van der Waals surface area contributed by atoms with Crippen LogP contribution in [0.4, 0.5) is 0 Å². The lowest BCUT2D eigenvalue weighted by molar-refractivity contribution is -0.0864. The Labute approximate surface area is 216 Å². The monoisotopic (exact) mass is 524 g/mol. The van der Waals surface area contributed by atoms with Crippen LogP contribution in [0.1, 0.15) is 0 Å². The molecule has 0 fully saturated rings. The highest BCUT2D eigenvalue weighted by Gasteiger charge is 1.95. The van der Waals surface area contributed by atoms with Crippen molar-refractivity contribution in [2.45, 2.75) is 0 Å². The second kappa shape index (κ2) is 34.0. The van der Waals surface area contributed by atoms with Gasteiger partial charge in [-0.1, -0.05) is 12.2 Å². The molecule has 0 aliphatic heterocycles. The van der Waals surface area contributed by atoms with Crippen molar-refractivity contribution in [3.8, 4) is 0 Å². The summed E-state index contributed by atoms with van der Waals surface area (Å²) in [6.07, 6.45) is 3.42. The molecular weight excluding hydrogens is 476 g/mol. The quantitative estimate of drug-likeness (QED) is 0.0709. The highest BCUT2D eigenvalue weighted by molar-refractivity contribution is 4.63. The van der Waals surface area contributed by atoms with Crippen LogP contribution in [0.15, 0.2) is 25.3 Å². The first-order valence-corrected chi connectivity index (χ1v) is 12.5. The zero-order chi connectivity index (χ0) is 26.0. The molecule has 214 valence electrons. The summed E-state index contributed by atoms with van der Waals surface area (Å²) in [4.78, 5) is 0. The van der Waals surface area contributed by atoms with Crippen LogP contribution in [0.3, 0.4) is 0 Å². The molecule has 0 unspecified atom stereocenters. The molecule has 0 heterocycles. The van der Waals surface area contributed by atoms with Gasteiger partial charge in [-0.25, -0.2) is 0 Å². The average Bonchev–Trinajstić information content (AvgIpc) is 2.89. The standard InChI is InChI=1S/C25H48O11/c1-3-5-26-7-9-28-11-13-30-15-16-32-18-20-34-22-24-36-25-35-23-21-33-19-17-31-14-12-29-10-8-27-6-4-2/h3-4H,1-2,5-25H2. The zero-order valence-electron chi connectivity index (χ0n) is 21.9. The molecule has 0 N–H and O–H groups in total. The molecule has 0 aromatic heterocycles. The van der Waals surface area contributed by atoms with Crippen LogP contribution < -0.4 is 0 Å². The average molecular weight is 525 g/mol. The number of hydrogen-bond acceptors (Lipinski definition) is 11. The van der Waals surface area contributed by atoms with E-state index in [4.69, 9.17) is 52.1 Å². The minimum atomic E-state index is 0.205. The highest BCUT2D eigenvalue weighted by atomic mass is 16.7. The molecule has 0 saturated heterocycles. The summed E-state index contributed by atoms with van der Waals surface area (Å²) in [7, 11) is 0. The normalized spacial score (nSPS) is 11.2. The molecule has 0 aromatic rings. The van der Waals surface area contributed by atoms with Crippen molar-refractivity contribution >= 4 is 0 Å². The van der Waals surface area contributed by atoms with Gasteiger partial charge in [-0.2, -0.15) is 0 Å². The first kappa shape index (κ1) is 35.0. The van der Waals surface area contributed by atoms with Crippen molar-refractivity contribution in [2.75, 3.05) is 139 Å². The topological polar surface area (TPSA) is 102 Å². The summed E-state index contributed by atoms with van der Waals surface area (Å²) in [5, 5.41) is 0. The Hall–Kier alpha value is -0.960. The molecular formula is C25H48O11. The minimum absolute atomic E-state index is 0.205. The molecule has 0 atom stereocenters. The highest BCUT2D eigenvalue weighted by Crippen LogP contribution is 1.87. The van der Waals surface area contributed by atoms with E-state index in [1.807, 2.05) is 0 Å². The number of ether oxygens (including phenoxy) is 11. The first-order chi connectivity index (χ1) is 17.9. The van der Waals surface area contributed by atoms with Gasteiger partial charge < -0.3 is 52.1 Å². The summed E-state index contributed by atoms with van der Waals surface area (Å²) in [5.74, 6) is 0. The smallest absolute Gasteiger partial charge is 0.146 e. The predicted octanol–water partition coefficient (Wildman–Crippen LogP) is 1.50.